The van der Waals surface area contributed by atoms with Crippen molar-refractivity contribution >= 4 is 10.0 Å². The van der Waals surface area contributed by atoms with Crippen LogP contribution in [0, 0.1) is 5.92 Å². The van der Waals surface area contributed by atoms with Crippen LogP contribution in [0.2, 0.25) is 0 Å². The van der Waals surface area contributed by atoms with E-state index in [1.54, 1.807) is 54.3 Å². The van der Waals surface area contributed by atoms with Gasteiger partial charge in [0.15, 0.2) is 0 Å². The summed E-state index contributed by atoms with van der Waals surface area (Å²) < 4.78 is 34.6. The van der Waals surface area contributed by atoms with E-state index >= 15 is 0 Å². The molecule has 1 heterocycles. The molecule has 0 aliphatic rings. The maximum Gasteiger partial charge on any atom is 0.240 e. The third-order valence-electron chi connectivity index (χ3n) is 3.09. The zero-order chi connectivity index (χ0) is 16.9. The first kappa shape index (κ1) is 17.5. The predicted octanol–water partition coefficient (Wildman–Crippen LogP) is 2.28. The van der Waals surface area contributed by atoms with Gasteiger partial charge in [-0.3, -0.25) is 4.68 Å². The monoisotopic (exact) mass is 337 g/mol. The summed E-state index contributed by atoms with van der Waals surface area (Å²) >= 11 is 0. The third-order valence-corrected chi connectivity index (χ3v) is 4.70. The lowest BCUT2D eigenvalue weighted by Crippen LogP contribution is -2.35. The van der Waals surface area contributed by atoms with Crippen molar-refractivity contribution in [1.82, 2.24) is 14.5 Å². The standard InChI is InChI=1S/C16H23N3O3S/c1-13(2)12-22-15-5-7-16(8-6-15)23(20,21)18-14(3)11-19-10-4-9-17-19/h4-10,13-14,18H,11-12H2,1-3H3/t14-/m1/s1. The summed E-state index contributed by atoms with van der Waals surface area (Å²) in [7, 11) is -3.56. The number of sulfonamides is 1. The zero-order valence-electron chi connectivity index (χ0n) is 13.6. The van der Waals surface area contributed by atoms with Gasteiger partial charge in [-0.15, -0.1) is 0 Å². The minimum Gasteiger partial charge on any atom is -0.493 e. The summed E-state index contributed by atoms with van der Waals surface area (Å²) in [4.78, 5) is 0.224. The second-order valence-electron chi connectivity index (χ2n) is 5.93. The Morgan fingerprint density at radius 2 is 1.91 bits per heavy atom. The average Bonchev–Trinajstić information content (AvgIpc) is 2.97. The normalized spacial score (nSPS) is 13.2. The van der Waals surface area contributed by atoms with E-state index in [-0.39, 0.29) is 10.9 Å². The van der Waals surface area contributed by atoms with E-state index in [0.717, 1.165) is 0 Å². The number of nitrogens with zero attached hydrogens (tertiary/aromatic N) is 2. The molecule has 0 aliphatic carbocycles. The van der Waals surface area contributed by atoms with Crippen LogP contribution < -0.4 is 9.46 Å². The minimum atomic E-state index is -3.56. The number of hydrogen-bond donors (Lipinski definition) is 1. The Morgan fingerprint density at radius 1 is 1.22 bits per heavy atom. The van der Waals surface area contributed by atoms with Gasteiger partial charge in [0.1, 0.15) is 5.75 Å². The highest BCUT2D eigenvalue weighted by Crippen LogP contribution is 2.17. The Labute approximate surface area is 137 Å². The van der Waals surface area contributed by atoms with Crippen LogP contribution in [-0.2, 0) is 16.6 Å². The molecular formula is C16H23N3O3S. The fourth-order valence-electron chi connectivity index (χ4n) is 2.04. The summed E-state index contributed by atoms with van der Waals surface area (Å²) in [5, 5.41) is 4.07. The van der Waals surface area contributed by atoms with E-state index in [4.69, 9.17) is 4.74 Å². The van der Waals surface area contributed by atoms with Crippen molar-refractivity contribution in [2.24, 2.45) is 5.92 Å². The van der Waals surface area contributed by atoms with Crippen molar-refractivity contribution in [3.05, 3.63) is 42.7 Å². The third kappa shape index (κ3) is 5.37. The van der Waals surface area contributed by atoms with E-state index in [1.165, 1.54) is 0 Å². The van der Waals surface area contributed by atoms with Crippen LogP contribution in [0.4, 0.5) is 0 Å². The molecule has 1 atom stereocenters. The second-order valence-corrected chi connectivity index (χ2v) is 7.64. The lowest BCUT2D eigenvalue weighted by molar-refractivity contribution is 0.271. The van der Waals surface area contributed by atoms with Crippen molar-refractivity contribution in [1.29, 1.82) is 0 Å². The van der Waals surface area contributed by atoms with Gasteiger partial charge in [-0.2, -0.15) is 5.10 Å². The smallest absolute Gasteiger partial charge is 0.240 e. The van der Waals surface area contributed by atoms with Gasteiger partial charge in [0, 0.05) is 18.4 Å². The van der Waals surface area contributed by atoms with Crippen LogP contribution in [0.3, 0.4) is 0 Å². The fourth-order valence-corrected chi connectivity index (χ4v) is 3.27. The Hall–Kier alpha value is -1.86. The van der Waals surface area contributed by atoms with Gasteiger partial charge in [-0.05, 0) is 43.2 Å². The van der Waals surface area contributed by atoms with Crippen LogP contribution in [0.5, 0.6) is 5.75 Å². The molecule has 0 spiro atoms. The molecule has 2 rings (SSSR count). The molecule has 1 aromatic carbocycles. The molecule has 1 aromatic heterocycles. The predicted molar refractivity (Wildman–Crippen MR) is 88.8 cm³/mol. The average molecular weight is 337 g/mol. The molecule has 2 aromatic rings. The van der Waals surface area contributed by atoms with Gasteiger partial charge in [0.25, 0.3) is 0 Å². The number of ether oxygens (including phenoxy) is 1. The molecule has 0 radical (unpaired) electrons. The molecule has 0 aliphatic heterocycles. The first-order valence-electron chi connectivity index (χ1n) is 7.59. The lowest BCUT2D eigenvalue weighted by Gasteiger charge is -2.15. The summed E-state index contributed by atoms with van der Waals surface area (Å²) in [6.07, 6.45) is 3.46. The van der Waals surface area contributed by atoms with Gasteiger partial charge in [0.05, 0.1) is 18.0 Å². The Bertz CT molecular complexity index is 695. The Morgan fingerprint density at radius 3 is 2.48 bits per heavy atom. The summed E-state index contributed by atoms with van der Waals surface area (Å²) in [5.74, 6) is 1.09. The van der Waals surface area contributed by atoms with E-state index in [2.05, 4.69) is 23.7 Å². The van der Waals surface area contributed by atoms with Gasteiger partial charge >= 0.3 is 0 Å². The van der Waals surface area contributed by atoms with Crippen LogP contribution >= 0.6 is 0 Å². The van der Waals surface area contributed by atoms with Gasteiger partial charge < -0.3 is 4.74 Å². The van der Waals surface area contributed by atoms with Gasteiger partial charge in [0.2, 0.25) is 10.0 Å². The molecule has 0 bridgehead atoms. The topological polar surface area (TPSA) is 73.2 Å². The molecular weight excluding hydrogens is 314 g/mol. The van der Waals surface area contributed by atoms with Crippen molar-refractivity contribution in [2.45, 2.75) is 38.3 Å². The van der Waals surface area contributed by atoms with E-state index < -0.39 is 10.0 Å². The quantitative estimate of drug-likeness (QED) is 0.802. The largest absolute Gasteiger partial charge is 0.493 e. The van der Waals surface area contributed by atoms with Gasteiger partial charge in [-0.1, -0.05) is 13.8 Å². The first-order chi connectivity index (χ1) is 10.9. The summed E-state index contributed by atoms with van der Waals surface area (Å²) in [5.41, 5.74) is 0. The van der Waals surface area contributed by atoms with Crippen LogP contribution in [-0.4, -0.2) is 30.8 Å². The molecule has 1 N–H and O–H groups in total. The zero-order valence-corrected chi connectivity index (χ0v) is 14.5. The second kappa shape index (κ2) is 7.61. The molecule has 0 saturated carbocycles. The molecule has 0 amide bonds. The van der Waals surface area contributed by atoms with Crippen LogP contribution in [0.25, 0.3) is 0 Å². The van der Waals surface area contributed by atoms with E-state index in [0.29, 0.717) is 24.8 Å². The number of aromatic nitrogens is 2. The Kier molecular flexibility index (Phi) is 5.79. The molecule has 6 nitrogen and oxygen atoms in total. The van der Waals surface area contributed by atoms with Crippen LogP contribution in [0.15, 0.2) is 47.6 Å². The maximum atomic E-state index is 12.4. The number of hydrogen-bond acceptors (Lipinski definition) is 4. The van der Waals surface area contributed by atoms with Gasteiger partial charge in [-0.25, -0.2) is 13.1 Å². The van der Waals surface area contributed by atoms with E-state index in [1.807, 2.05) is 0 Å². The molecule has 126 valence electrons. The molecule has 0 unspecified atom stereocenters. The minimum absolute atomic E-state index is 0.224. The summed E-state index contributed by atoms with van der Waals surface area (Å²) in [6.45, 7) is 7.00. The highest BCUT2D eigenvalue weighted by atomic mass is 32.2. The molecule has 7 heteroatoms. The SMILES string of the molecule is CC(C)COc1ccc(S(=O)(=O)N[C@H](C)Cn2cccn2)cc1. The highest BCUT2D eigenvalue weighted by Gasteiger charge is 2.17. The molecule has 23 heavy (non-hydrogen) atoms. The lowest BCUT2D eigenvalue weighted by atomic mass is 10.2. The highest BCUT2D eigenvalue weighted by molar-refractivity contribution is 7.89. The summed E-state index contributed by atoms with van der Waals surface area (Å²) in [6, 6.07) is 8.00. The maximum absolute atomic E-state index is 12.4. The van der Waals surface area contributed by atoms with Crippen LogP contribution in [0.1, 0.15) is 20.8 Å². The molecule has 0 fully saturated rings. The van der Waals surface area contributed by atoms with Crippen molar-refractivity contribution in [2.75, 3.05) is 6.61 Å². The fraction of sp³-hybridized carbons (Fsp3) is 0.438. The molecule has 0 saturated heterocycles. The first-order valence-corrected chi connectivity index (χ1v) is 9.08. The van der Waals surface area contributed by atoms with Crippen molar-refractivity contribution in [3.63, 3.8) is 0 Å². The number of nitrogens with one attached hydrogen (secondary N) is 1. The van der Waals surface area contributed by atoms with E-state index in [9.17, 15) is 8.42 Å². The van der Waals surface area contributed by atoms with Crippen molar-refractivity contribution in [3.8, 4) is 5.75 Å². The number of benzene rings is 1. The number of rotatable bonds is 8. The Balaban J connectivity index is 1.98. The van der Waals surface area contributed by atoms with Crippen molar-refractivity contribution < 1.29 is 13.2 Å².